The topological polar surface area (TPSA) is 120 Å². The number of thiazole rings is 1. The Morgan fingerprint density at radius 1 is 1.22 bits per heavy atom. The van der Waals surface area contributed by atoms with Crippen molar-refractivity contribution >= 4 is 53.0 Å². The molecule has 2 aromatic carbocycles. The van der Waals surface area contributed by atoms with Crippen molar-refractivity contribution in [2.24, 2.45) is 10.2 Å². The van der Waals surface area contributed by atoms with Crippen LogP contribution in [0.1, 0.15) is 21.6 Å². The summed E-state index contributed by atoms with van der Waals surface area (Å²) in [5.41, 5.74) is -0.164. The van der Waals surface area contributed by atoms with E-state index in [1.807, 2.05) is 0 Å². The maximum Gasteiger partial charge on any atom is 0.416 e. The second kappa shape index (κ2) is 12.3. The molecule has 41 heavy (non-hydrogen) atoms. The zero-order chi connectivity index (χ0) is 28.6. The van der Waals surface area contributed by atoms with Gasteiger partial charge in [0.2, 0.25) is 11.8 Å². The molecule has 5 rings (SSSR count). The number of piperazine rings is 1. The normalized spacial score (nSPS) is 17.1. The minimum Gasteiger partial charge on any atom is -0.493 e. The van der Waals surface area contributed by atoms with E-state index in [2.05, 4.69) is 15.5 Å². The maximum atomic E-state index is 13.9. The molecule has 0 spiro atoms. The van der Waals surface area contributed by atoms with Gasteiger partial charge in [-0.25, -0.2) is 0 Å². The highest BCUT2D eigenvalue weighted by Gasteiger charge is 2.34. The van der Waals surface area contributed by atoms with Gasteiger partial charge in [0.15, 0.2) is 0 Å². The predicted molar refractivity (Wildman–Crippen MR) is 150 cm³/mol. The Bertz CT molecular complexity index is 1690. The van der Waals surface area contributed by atoms with E-state index in [0.717, 1.165) is 10.6 Å². The molecule has 1 atom stereocenters. The van der Waals surface area contributed by atoms with Gasteiger partial charge in [-0.1, -0.05) is 35.1 Å². The molecule has 0 bridgehead atoms. The fraction of sp³-hybridized carbons (Fsp3) is 0.308. The van der Waals surface area contributed by atoms with E-state index in [0.29, 0.717) is 40.6 Å². The van der Waals surface area contributed by atoms with Gasteiger partial charge in [0.25, 0.3) is 0 Å². The summed E-state index contributed by atoms with van der Waals surface area (Å²) in [6, 6.07) is 8.08. The van der Waals surface area contributed by atoms with Gasteiger partial charge in [-0.05, 0) is 40.6 Å². The zero-order valence-corrected chi connectivity index (χ0v) is 23.6. The molecule has 15 heteroatoms. The number of nitrogens with zero attached hydrogens (tertiary/aromatic N) is 4. The molecule has 1 amide bonds. The summed E-state index contributed by atoms with van der Waals surface area (Å²) in [7, 11) is 0. The lowest BCUT2D eigenvalue weighted by Crippen LogP contribution is -2.54. The third-order valence-corrected chi connectivity index (χ3v) is 8.01. The van der Waals surface area contributed by atoms with Crippen molar-refractivity contribution in [3.05, 3.63) is 83.2 Å². The summed E-state index contributed by atoms with van der Waals surface area (Å²) in [6.45, 7) is 0.424. The minimum absolute atomic E-state index is 0. The molecule has 0 unspecified atom stereocenters. The summed E-state index contributed by atoms with van der Waals surface area (Å²) in [5.74, 6) is -0.954. The number of aromatic nitrogens is 1. The lowest BCUT2D eigenvalue weighted by Gasteiger charge is -2.32. The van der Waals surface area contributed by atoms with Crippen molar-refractivity contribution in [1.29, 1.82) is 0 Å². The van der Waals surface area contributed by atoms with Crippen LogP contribution in [0.15, 0.2) is 51.4 Å². The number of halogens is 5. The number of alkyl halides is 3. The van der Waals surface area contributed by atoms with E-state index in [4.69, 9.17) is 11.6 Å². The highest BCUT2D eigenvalue weighted by Crippen LogP contribution is 2.37. The lowest BCUT2D eigenvalue weighted by molar-refractivity contribution is -0.138. The lowest BCUT2D eigenvalue weighted by atomic mass is 9.96. The predicted octanol–water partition coefficient (Wildman–Crippen LogP) is 1.91. The number of hydrogen-bond acceptors (Lipinski definition) is 8. The number of carbonyl (C=O) groups is 1. The van der Waals surface area contributed by atoms with Gasteiger partial charge < -0.3 is 20.4 Å². The second-order valence-corrected chi connectivity index (χ2v) is 10.8. The first-order valence-electron chi connectivity index (χ1n) is 12.2. The number of aliphatic hydroxyl groups is 1. The third-order valence-electron chi connectivity index (χ3n) is 6.75. The monoisotopic (exact) mass is 629 g/mol. The maximum absolute atomic E-state index is 13.9. The largest absolute Gasteiger partial charge is 0.493 e. The number of rotatable bonds is 6. The zero-order valence-electron chi connectivity index (χ0n) is 21.2. The van der Waals surface area contributed by atoms with Gasteiger partial charge in [-0.2, -0.15) is 23.4 Å². The Hall–Kier alpha value is -3.23. The number of fused-ring (bicyclic) bond motifs is 1. The van der Waals surface area contributed by atoms with Crippen LogP contribution >= 0.6 is 35.3 Å². The van der Waals surface area contributed by atoms with E-state index in [9.17, 15) is 33.0 Å². The number of nitrogens with one attached hydrogen (secondary N) is 1. The average Bonchev–Trinajstić information content (AvgIpc) is 3.51. The van der Waals surface area contributed by atoms with E-state index in [1.54, 1.807) is 18.2 Å². The molecule has 0 saturated carbocycles. The number of benzene rings is 2. The van der Waals surface area contributed by atoms with Crippen LogP contribution in [0.5, 0.6) is 5.88 Å². The van der Waals surface area contributed by atoms with Crippen LogP contribution in [0.4, 0.5) is 13.2 Å². The van der Waals surface area contributed by atoms with Crippen molar-refractivity contribution in [3.8, 4) is 5.88 Å². The molecule has 0 aliphatic carbocycles. The van der Waals surface area contributed by atoms with Gasteiger partial charge in [-0.3, -0.25) is 14.2 Å². The van der Waals surface area contributed by atoms with Crippen LogP contribution in [0.2, 0.25) is 5.02 Å². The van der Waals surface area contributed by atoms with Gasteiger partial charge in [-0.15, -0.1) is 12.4 Å². The molecular weight excluding hydrogens is 606 g/mol. The first kappa shape index (κ1) is 30.7. The SMILES string of the molecule is Cl.O=C(Cn1c(O)c(C(Cc2ccc(Cl)cc2C(F)(F)F)=c2ccc3c(c2)C=NN=3)sc1=O)N1CCN[C@@H](CO)C1. The van der Waals surface area contributed by atoms with Gasteiger partial charge in [0, 0.05) is 42.7 Å². The van der Waals surface area contributed by atoms with Crippen molar-refractivity contribution in [1.82, 2.24) is 14.8 Å². The number of carbonyl (C=O) groups excluding carboxylic acids is 1. The van der Waals surface area contributed by atoms with Crippen LogP contribution in [-0.2, 0) is 23.9 Å². The van der Waals surface area contributed by atoms with Crippen LogP contribution < -0.4 is 20.8 Å². The minimum atomic E-state index is -4.70. The highest BCUT2D eigenvalue weighted by molar-refractivity contribution is 7.10. The molecule has 2 aliphatic heterocycles. The fourth-order valence-corrected chi connectivity index (χ4v) is 5.83. The van der Waals surface area contributed by atoms with Crippen molar-refractivity contribution < 1.29 is 28.2 Å². The van der Waals surface area contributed by atoms with Gasteiger partial charge >= 0.3 is 11.0 Å². The average molecular weight is 630 g/mol. The molecule has 1 aromatic heterocycles. The number of aromatic hydroxyl groups is 1. The molecule has 1 fully saturated rings. The molecule has 1 saturated heterocycles. The Morgan fingerprint density at radius 2 is 2.00 bits per heavy atom. The van der Waals surface area contributed by atoms with Crippen LogP contribution in [0.25, 0.3) is 5.57 Å². The quantitative estimate of drug-likeness (QED) is 0.385. The van der Waals surface area contributed by atoms with E-state index < -0.39 is 34.9 Å². The summed E-state index contributed by atoms with van der Waals surface area (Å²) in [5, 5.41) is 32.4. The highest BCUT2D eigenvalue weighted by atomic mass is 35.5. The molecule has 3 N–H and O–H groups in total. The summed E-state index contributed by atoms with van der Waals surface area (Å²) >= 11 is 6.51. The first-order chi connectivity index (χ1) is 19.0. The summed E-state index contributed by atoms with van der Waals surface area (Å²) < 4.78 is 42.7. The molecule has 2 aliphatic rings. The van der Waals surface area contributed by atoms with Gasteiger partial charge in [0.1, 0.15) is 6.54 Å². The van der Waals surface area contributed by atoms with Crippen molar-refractivity contribution in [3.63, 3.8) is 0 Å². The standard InChI is InChI=1S/C26H23ClF3N5O4S.ClH/c27-17-3-1-15(20(9-17)26(28,29)30)8-19(14-2-4-21-16(7-14)10-32-33-21)23-24(38)35(25(39)40-23)12-22(37)34-6-5-31-18(11-34)13-36;/h1-4,7,9-10,18,31,36,38H,5-6,8,11-13H2;1H/t18-;/m1./s1. The Morgan fingerprint density at radius 3 is 2.73 bits per heavy atom. The fourth-order valence-electron chi connectivity index (χ4n) is 4.70. The molecular formula is C26H24Cl2F3N5O4S. The smallest absolute Gasteiger partial charge is 0.416 e. The summed E-state index contributed by atoms with van der Waals surface area (Å²) in [6.07, 6.45) is -3.49. The second-order valence-electron chi connectivity index (χ2n) is 9.35. The van der Waals surface area contributed by atoms with Crippen LogP contribution in [0.3, 0.4) is 0 Å². The van der Waals surface area contributed by atoms with E-state index in [-0.39, 0.29) is 59.1 Å². The number of hydrogen-bond donors (Lipinski definition) is 3. The third kappa shape index (κ3) is 6.49. The van der Waals surface area contributed by atoms with Crippen molar-refractivity contribution in [2.45, 2.75) is 25.2 Å². The first-order valence-corrected chi connectivity index (χ1v) is 13.4. The number of amides is 1. The molecule has 0 radical (unpaired) electrons. The molecule has 9 nitrogen and oxygen atoms in total. The Kier molecular flexibility index (Phi) is 9.24. The molecule has 3 aromatic rings. The molecule has 3 heterocycles. The Balaban J connectivity index is 0.00000387. The molecule has 218 valence electrons. The van der Waals surface area contributed by atoms with Crippen LogP contribution in [-0.4, -0.2) is 64.1 Å². The van der Waals surface area contributed by atoms with Crippen molar-refractivity contribution in [2.75, 3.05) is 26.2 Å². The van der Waals surface area contributed by atoms with Crippen LogP contribution in [0, 0.1) is 0 Å². The summed E-state index contributed by atoms with van der Waals surface area (Å²) in [4.78, 5) is 26.9. The van der Waals surface area contributed by atoms with Gasteiger partial charge in [0.05, 0.1) is 28.6 Å². The Labute approximate surface area is 246 Å². The van der Waals surface area contributed by atoms with E-state index in [1.165, 1.54) is 23.2 Å². The van der Waals surface area contributed by atoms with E-state index >= 15 is 0 Å². The number of aliphatic hydroxyl groups excluding tert-OH is 1.